The van der Waals surface area contributed by atoms with Crippen molar-refractivity contribution in [3.05, 3.63) is 60.8 Å². The number of carbonyl (C=O) groups excluding carboxylic acids is 1. The van der Waals surface area contributed by atoms with Crippen LogP contribution in [0.2, 0.25) is 0 Å². The van der Waals surface area contributed by atoms with E-state index in [-0.39, 0.29) is 5.91 Å². The fourth-order valence-electron chi connectivity index (χ4n) is 3.83. The number of benzene rings is 1. The molecule has 0 aliphatic carbocycles. The van der Waals surface area contributed by atoms with Crippen molar-refractivity contribution in [2.45, 2.75) is 20.3 Å². The molecular weight excluding hydrogens is 418 g/mol. The lowest BCUT2D eigenvalue weighted by Crippen LogP contribution is -2.30. The van der Waals surface area contributed by atoms with Crippen LogP contribution in [0.25, 0.3) is 22.7 Å². The van der Waals surface area contributed by atoms with Crippen LogP contribution in [-0.2, 0) is 0 Å². The Balaban J connectivity index is 1.63. The van der Waals surface area contributed by atoms with Gasteiger partial charge < -0.3 is 15.0 Å². The lowest BCUT2D eigenvalue weighted by Gasteiger charge is -2.17. The molecule has 0 spiro atoms. The van der Waals surface area contributed by atoms with E-state index in [1.54, 1.807) is 36.6 Å². The van der Waals surface area contributed by atoms with Crippen LogP contribution in [0.1, 0.15) is 30.8 Å². The molecule has 1 aromatic carbocycles. The van der Waals surface area contributed by atoms with E-state index in [0.29, 0.717) is 23.6 Å². The normalized spacial score (nSPS) is 11.3. The van der Waals surface area contributed by atoms with E-state index in [9.17, 15) is 4.79 Å². The van der Waals surface area contributed by atoms with Crippen LogP contribution < -0.4 is 10.1 Å². The van der Waals surface area contributed by atoms with Crippen LogP contribution in [0.5, 0.6) is 5.75 Å². The first-order valence-corrected chi connectivity index (χ1v) is 11.2. The first-order chi connectivity index (χ1) is 16.2. The number of imidazole rings is 1. The summed E-state index contributed by atoms with van der Waals surface area (Å²) in [6.07, 6.45) is 7.73. The van der Waals surface area contributed by atoms with Gasteiger partial charge >= 0.3 is 0 Å². The molecular formula is C24H29N7O2. The van der Waals surface area contributed by atoms with Crippen LogP contribution >= 0.6 is 0 Å². The summed E-state index contributed by atoms with van der Waals surface area (Å²) in [4.78, 5) is 24.3. The minimum Gasteiger partial charge on any atom is -0.497 e. The van der Waals surface area contributed by atoms with Gasteiger partial charge in [0.2, 0.25) is 0 Å². The molecule has 0 aliphatic heterocycles. The first-order valence-electron chi connectivity index (χ1n) is 11.2. The highest BCUT2D eigenvalue weighted by atomic mass is 16.5. The van der Waals surface area contributed by atoms with Gasteiger partial charge in [0.25, 0.3) is 5.91 Å². The molecule has 0 fully saturated rings. The van der Waals surface area contributed by atoms with Crippen molar-refractivity contribution in [1.82, 2.24) is 34.4 Å². The summed E-state index contributed by atoms with van der Waals surface area (Å²) >= 11 is 0. The van der Waals surface area contributed by atoms with Gasteiger partial charge in [-0.05, 0) is 44.3 Å². The summed E-state index contributed by atoms with van der Waals surface area (Å²) in [6.45, 7) is 7.84. The van der Waals surface area contributed by atoms with Crippen molar-refractivity contribution in [2.24, 2.45) is 0 Å². The second-order valence-electron chi connectivity index (χ2n) is 7.58. The number of hydrogen-bond donors (Lipinski definition) is 1. The molecule has 3 aromatic heterocycles. The molecule has 0 radical (unpaired) electrons. The standard InChI is InChI=1S/C24H29N7O2/c1-4-29(5-2)14-7-11-26-24(32)22-21-17-25-13-15-30(21)23(28-22)20-10-12-27-31(20)18-8-6-9-19(16-18)33-3/h6,8-10,12-13,15-17H,4-5,7,11,14H2,1-3H3,(H,26,32). The fraction of sp³-hybridized carbons (Fsp3) is 0.333. The number of methoxy groups -OCH3 is 1. The average molecular weight is 448 g/mol. The predicted octanol–water partition coefficient (Wildman–Crippen LogP) is 3.05. The number of carbonyl (C=O) groups is 1. The molecule has 0 bridgehead atoms. The summed E-state index contributed by atoms with van der Waals surface area (Å²) in [5.74, 6) is 1.13. The van der Waals surface area contributed by atoms with Crippen LogP contribution in [-0.4, -0.2) is 68.2 Å². The zero-order valence-electron chi connectivity index (χ0n) is 19.2. The van der Waals surface area contributed by atoms with E-state index < -0.39 is 0 Å². The molecule has 0 saturated carbocycles. The Morgan fingerprint density at radius 2 is 2.03 bits per heavy atom. The third-order valence-corrected chi connectivity index (χ3v) is 5.66. The maximum Gasteiger partial charge on any atom is 0.272 e. The topological polar surface area (TPSA) is 89.6 Å². The molecule has 9 nitrogen and oxygen atoms in total. The van der Waals surface area contributed by atoms with Gasteiger partial charge in [-0.2, -0.15) is 5.10 Å². The highest BCUT2D eigenvalue weighted by Crippen LogP contribution is 2.26. The van der Waals surface area contributed by atoms with Crippen LogP contribution in [0.3, 0.4) is 0 Å². The summed E-state index contributed by atoms with van der Waals surface area (Å²) in [5.41, 5.74) is 2.58. The van der Waals surface area contributed by atoms with Crippen molar-refractivity contribution in [2.75, 3.05) is 33.3 Å². The zero-order chi connectivity index (χ0) is 23.2. The minimum absolute atomic E-state index is 0.209. The van der Waals surface area contributed by atoms with E-state index >= 15 is 0 Å². The van der Waals surface area contributed by atoms with Gasteiger partial charge in [-0.3, -0.25) is 14.2 Å². The van der Waals surface area contributed by atoms with Gasteiger partial charge in [-0.1, -0.05) is 19.9 Å². The smallest absolute Gasteiger partial charge is 0.272 e. The molecule has 0 atom stereocenters. The predicted molar refractivity (Wildman–Crippen MR) is 127 cm³/mol. The molecule has 1 amide bonds. The molecule has 1 N–H and O–H groups in total. The molecule has 4 rings (SSSR count). The van der Waals surface area contributed by atoms with Crippen LogP contribution in [0.4, 0.5) is 0 Å². The Morgan fingerprint density at radius 3 is 2.82 bits per heavy atom. The van der Waals surface area contributed by atoms with E-state index in [4.69, 9.17) is 9.72 Å². The number of ether oxygens (including phenoxy) is 1. The minimum atomic E-state index is -0.209. The average Bonchev–Trinajstić information content (AvgIpc) is 3.49. The van der Waals surface area contributed by atoms with E-state index in [0.717, 1.165) is 43.2 Å². The van der Waals surface area contributed by atoms with Gasteiger partial charge in [0, 0.05) is 25.0 Å². The fourth-order valence-corrected chi connectivity index (χ4v) is 3.83. The Kier molecular flexibility index (Phi) is 6.99. The number of nitrogens with zero attached hydrogens (tertiary/aromatic N) is 6. The number of hydrogen-bond acceptors (Lipinski definition) is 6. The third-order valence-electron chi connectivity index (χ3n) is 5.66. The lowest BCUT2D eigenvalue weighted by atomic mass is 10.3. The SMILES string of the molecule is CCN(CC)CCCNC(=O)c1nc(-c2ccnn2-c2cccc(OC)c2)n2ccncc12. The monoisotopic (exact) mass is 447 g/mol. The lowest BCUT2D eigenvalue weighted by molar-refractivity contribution is 0.0949. The zero-order valence-corrected chi connectivity index (χ0v) is 19.2. The number of aromatic nitrogens is 5. The maximum absolute atomic E-state index is 13.0. The maximum atomic E-state index is 13.0. The molecule has 0 saturated heterocycles. The van der Waals surface area contributed by atoms with Crippen molar-refractivity contribution in [1.29, 1.82) is 0 Å². The molecule has 33 heavy (non-hydrogen) atoms. The van der Waals surface area contributed by atoms with E-state index in [2.05, 4.69) is 34.1 Å². The van der Waals surface area contributed by atoms with Crippen molar-refractivity contribution in [3.8, 4) is 23.0 Å². The first kappa shape index (κ1) is 22.5. The molecule has 0 aliphatic rings. The quantitative estimate of drug-likeness (QED) is 0.376. The Morgan fingerprint density at radius 1 is 1.18 bits per heavy atom. The molecule has 4 aromatic rings. The number of amides is 1. The number of rotatable bonds is 10. The van der Waals surface area contributed by atoms with Crippen LogP contribution in [0, 0.1) is 0 Å². The summed E-state index contributed by atoms with van der Waals surface area (Å²) in [6, 6.07) is 9.51. The Labute approximate surface area is 193 Å². The molecule has 9 heteroatoms. The second kappa shape index (κ2) is 10.3. The molecule has 3 heterocycles. The highest BCUT2D eigenvalue weighted by Gasteiger charge is 2.21. The van der Waals surface area contributed by atoms with Gasteiger partial charge in [-0.15, -0.1) is 0 Å². The largest absolute Gasteiger partial charge is 0.497 e. The van der Waals surface area contributed by atoms with Gasteiger partial charge in [0.1, 0.15) is 11.4 Å². The van der Waals surface area contributed by atoms with Crippen molar-refractivity contribution < 1.29 is 9.53 Å². The Hall–Kier alpha value is -3.72. The van der Waals surface area contributed by atoms with Crippen molar-refractivity contribution in [3.63, 3.8) is 0 Å². The summed E-state index contributed by atoms with van der Waals surface area (Å²) in [7, 11) is 1.63. The van der Waals surface area contributed by atoms with Crippen molar-refractivity contribution >= 4 is 11.4 Å². The third kappa shape index (κ3) is 4.73. The molecule has 0 unspecified atom stereocenters. The number of nitrogens with one attached hydrogen (secondary N) is 1. The van der Waals surface area contributed by atoms with Gasteiger partial charge in [0.05, 0.1) is 30.7 Å². The summed E-state index contributed by atoms with van der Waals surface area (Å²) in [5, 5.41) is 7.49. The molecule has 172 valence electrons. The van der Waals surface area contributed by atoms with Gasteiger partial charge in [0.15, 0.2) is 11.5 Å². The number of fused-ring (bicyclic) bond motifs is 1. The Bertz CT molecular complexity index is 1230. The van der Waals surface area contributed by atoms with E-state index in [1.807, 2.05) is 34.7 Å². The second-order valence-corrected chi connectivity index (χ2v) is 7.58. The highest BCUT2D eigenvalue weighted by molar-refractivity contribution is 5.99. The van der Waals surface area contributed by atoms with E-state index in [1.165, 1.54) is 0 Å². The summed E-state index contributed by atoms with van der Waals surface area (Å²) < 4.78 is 9.00. The van der Waals surface area contributed by atoms with Crippen LogP contribution in [0.15, 0.2) is 55.1 Å². The van der Waals surface area contributed by atoms with Gasteiger partial charge in [-0.25, -0.2) is 9.67 Å².